The lowest BCUT2D eigenvalue weighted by molar-refractivity contribution is -0.196. The fourth-order valence-electron chi connectivity index (χ4n) is 2.03. The van der Waals surface area contributed by atoms with Crippen LogP contribution in [0.2, 0.25) is 0 Å². The number of H-pyrrole nitrogens is 1. The monoisotopic (exact) mass is 314 g/mol. The van der Waals surface area contributed by atoms with E-state index in [9.17, 15) is 32.3 Å². The quantitative estimate of drug-likeness (QED) is 0.614. The Morgan fingerprint density at radius 1 is 1.48 bits per heavy atom. The Balaban J connectivity index is 2.50. The summed E-state index contributed by atoms with van der Waals surface area (Å²) in [6.45, 7) is -1.43. The van der Waals surface area contributed by atoms with E-state index in [4.69, 9.17) is 5.11 Å². The maximum absolute atomic E-state index is 13.9. The van der Waals surface area contributed by atoms with Crippen LogP contribution in [0.5, 0.6) is 0 Å². The molecule has 1 saturated heterocycles. The normalized spacial score (nSPS) is 32.8. The third kappa shape index (κ3) is 2.26. The smallest absolute Gasteiger partial charge is 0.330 e. The van der Waals surface area contributed by atoms with Crippen LogP contribution in [-0.2, 0) is 4.74 Å². The number of rotatable bonds is 3. The summed E-state index contributed by atoms with van der Waals surface area (Å²) in [5.41, 5.74) is -5.65. The summed E-state index contributed by atoms with van der Waals surface area (Å²) in [6, 6.07) is 0. The fourth-order valence-corrected chi connectivity index (χ4v) is 2.03. The molecule has 11 heteroatoms. The van der Waals surface area contributed by atoms with E-state index in [1.54, 1.807) is 0 Å². The number of alkyl halides is 3. The van der Waals surface area contributed by atoms with E-state index in [0.29, 0.717) is 0 Å². The summed E-state index contributed by atoms with van der Waals surface area (Å²) in [4.78, 5) is 23.8. The molecule has 0 spiro atoms. The molecule has 0 aliphatic carbocycles. The predicted molar refractivity (Wildman–Crippen MR) is 58.1 cm³/mol. The first-order chi connectivity index (χ1) is 9.74. The van der Waals surface area contributed by atoms with Gasteiger partial charge in [-0.05, 0) is 0 Å². The molecule has 1 fully saturated rings. The molecule has 118 valence electrons. The van der Waals surface area contributed by atoms with Crippen molar-refractivity contribution in [2.75, 3.05) is 6.61 Å². The van der Waals surface area contributed by atoms with E-state index in [-0.39, 0.29) is 10.8 Å². The van der Waals surface area contributed by atoms with Crippen LogP contribution in [0.25, 0.3) is 0 Å². The first kappa shape index (κ1) is 15.7. The Morgan fingerprint density at radius 3 is 2.57 bits per heavy atom. The number of aliphatic hydroxyl groups excluding tert-OH is 2. The van der Waals surface area contributed by atoms with E-state index in [1.165, 1.54) is 4.98 Å². The standard InChI is InChI=1S/C10H10F4N2O5/c11-3-1-16(9(20)15-6(3)19)7-4(12)5(18)10(2-17,21-7)8(13)14/h1,4-5,7-8,17-18H,2H2,(H,15,19,20)/t4?,5-,7+,10+/m0/s1. The molecule has 0 aromatic carbocycles. The van der Waals surface area contributed by atoms with Crippen LogP contribution in [0.4, 0.5) is 17.6 Å². The number of nitrogens with zero attached hydrogens (tertiary/aromatic N) is 1. The number of hydrogen-bond acceptors (Lipinski definition) is 5. The molecule has 0 amide bonds. The Labute approximate surface area is 113 Å². The zero-order valence-electron chi connectivity index (χ0n) is 10.2. The summed E-state index contributed by atoms with van der Waals surface area (Å²) in [5, 5.41) is 18.5. The molecule has 1 aliphatic rings. The van der Waals surface area contributed by atoms with Gasteiger partial charge >= 0.3 is 5.69 Å². The number of nitrogens with one attached hydrogen (secondary N) is 1. The highest BCUT2D eigenvalue weighted by Gasteiger charge is 2.61. The molecule has 4 atom stereocenters. The lowest BCUT2D eigenvalue weighted by atomic mass is 9.97. The first-order valence-electron chi connectivity index (χ1n) is 5.64. The van der Waals surface area contributed by atoms with Gasteiger partial charge in [-0.1, -0.05) is 0 Å². The van der Waals surface area contributed by atoms with Crippen LogP contribution in [0.15, 0.2) is 15.8 Å². The van der Waals surface area contributed by atoms with Crippen molar-refractivity contribution in [2.24, 2.45) is 0 Å². The van der Waals surface area contributed by atoms with Crippen molar-refractivity contribution in [3.05, 3.63) is 32.9 Å². The number of hydrogen-bond donors (Lipinski definition) is 3. The van der Waals surface area contributed by atoms with E-state index >= 15 is 0 Å². The van der Waals surface area contributed by atoms with Gasteiger partial charge in [0.1, 0.15) is 6.10 Å². The van der Waals surface area contributed by atoms with Crippen molar-refractivity contribution in [3.63, 3.8) is 0 Å². The topological polar surface area (TPSA) is 105 Å². The second-order valence-electron chi connectivity index (χ2n) is 4.46. The molecule has 7 nitrogen and oxygen atoms in total. The van der Waals surface area contributed by atoms with Gasteiger partial charge in [0.2, 0.25) is 5.82 Å². The number of ether oxygens (including phenoxy) is 1. The zero-order chi connectivity index (χ0) is 15.9. The highest BCUT2D eigenvalue weighted by molar-refractivity contribution is 5.04. The van der Waals surface area contributed by atoms with Crippen molar-refractivity contribution < 1.29 is 32.5 Å². The Kier molecular flexibility index (Phi) is 3.91. The molecule has 2 heterocycles. The van der Waals surface area contributed by atoms with Gasteiger partial charge in [0.15, 0.2) is 18.0 Å². The molecule has 3 N–H and O–H groups in total. The van der Waals surface area contributed by atoms with Gasteiger partial charge in [0.05, 0.1) is 12.8 Å². The Bertz CT molecular complexity index is 647. The maximum atomic E-state index is 13.9. The summed E-state index contributed by atoms with van der Waals surface area (Å²) < 4.78 is 57.7. The Morgan fingerprint density at radius 2 is 2.10 bits per heavy atom. The molecule has 1 unspecified atom stereocenters. The van der Waals surface area contributed by atoms with Gasteiger partial charge < -0.3 is 14.9 Å². The minimum absolute atomic E-state index is 0.185. The van der Waals surface area contributed by atoms with Crippen molar-refractivity contribution >= 4 is 0 Å². The number of halogens is 4. The van der Waals surface area contributed by atoms with Gasteiger partial charge in [-0.25, -0.2) is 18.0 Å². The van der Waals surface area contributed by atoms with E-state index in [0.717, 1.165) is 0 Å². The largest absolute Gasteiger partial charge is 0.393 e. The SMILES string of the molecule is O=c1[nH]c(=O)n([C@@H]2O[C@@](CO)(C(F)F)[C@@H](O)C2F)cc1F. The lowest BCUT2D eigenvalue weighted by Crippen LogP contribution is -2.51. The van der Waals surface area contributed by atoms with Gasteiger partial charge in [-0.3, -0.25) is 14.3 Å². The van der Waals surface area contributed by atoms with Crippen LogP contribution in [0.1, 0.15) is 6.23 Å². The molecule has 1 aromatic rings. The van der Waals surface area contributed by atoms with Crippen LogP contribution in [0, 0.1) is 5.82 Å². The van der Waals surface area contributed by atoms with Crippen LogP contribution in [0.3, 0.4) is 0 Å². The molecular formula is C10H10F4N2O5. The molecule has 21 heavy (non-hydrogen) atoms. The molecule has 0 saturated carbocycles. The molecule has 1 aromatic heterocycles. The maximum Gasteiger partial charge on any atom is 0.330 e. The molecule has 0 radical (unpaired) electrons. The average Bonchev–Trinajstić information content (AvgIpc) is 2.68. The summed E-state index contributed by atoms with van der Waals surface area (Å²) in [7, 11) is 0. The van der Waals surface area contributed by atoms with Crippen molar-refractivity contribution in [2.45, 2.75) is 30.5 Å². The highest BCUT2D eigenvalue weighted by atomic mass is 19.3. The van der Waals surface area contributed by atoms with Crippen molar-refractivity contribution in [1.29, 1.82) is 0 Å². The average molecular weight is 314 g/mol. The van der Waals surface area contributed by atoms with E-state index in [1.807, 2.05) is 0 Å². The van der Waals surface area contributed by atoms with Crippen LogP contribution >= 0.6 is 0 Å². The number of aliphatic hydroxyl groups is 2. The Hall–Kier alpha value is -1.72. The third-order valence-electron chi connectivity index (χ3n) is 3.23. The van der Waals surface area contributed by atoms with Crippen LogP contribution < -0.4 is 11.2 Å². The van der Waals surface area contributed by atoms with Crippen LogP contribution in [-0.4, -0.2) is 50.7 Å². The minimum Gasteiger partial charge on any atom is -0.393 e. The summed E-state index contributed by atoms with van der Waals surface area (Å²) >= 11 is 0. The zero-order valence-corrected chi connectivity index (χ0v) is 10.2. The lowest BCUT2D eigenvalue weighted by Gasteiger charge is -2.28. The second-order valence-corrected chi connectivity index (χ2v) is 4.46. The van der Waals surface area contributed by atoms with E-state index < -0.39 is 54.2 Å². The van der Waals surface area contributed by atoms with Crippen molar-refractivity contribution in [3.8, 4) is 0 Å². The van der Waals surface area contributed by atoms with Gasteiger partial charge in [0.25, 0.3) is 12.0 Å². The third-order valence-corrected chi connectivity index (χ3v) is 3.23. The number of aromatic nitrogens is 2. The number of aromatic amines is 1. The molecule has 1 aliphatic heterocycles. The first-order valence-corrected chi connectivity index (χ1v) is 5.64. The second kappa shape index (κ2) is 5.24. The highest BCUT2D eigenvalue weighted by Crippen LogP contribution is 2.41. The van der Waals surface area contributed by atoms with Gasteiger partial charge in [-0.15, -0.1) is 0 Å². The van der Waals surface area contributed by atoms with E-state index in [2.05, 4.69) is 4.74 Å². The molecular weight excluding hydrogens is 304 g/mol. The molecule has 0 bridgehead atoms. The summed E-state index contributed by atoms with van der Waals surface area (Å²) in [5.74, 6) is -1.47. The fraction of sp³-hybridized carbons (Fsp3) is 0.600. The van der Waals surface area contributed by atoms with Gasteiger partial charge in [0, 0.05) is 0 Å². The molecule has 2 rings (SSSR count). The van der Waals surface area contributed by atoms with Gasteiger partial charge in [-0.2, -0.15) is 4.39 Å². The minimum atomic E-state index is -3.47. The predicted octanol–water partition coefficient (Wildman–Crippen LogP) is -1.10. The summed E-state index contributed by atoms with van der Waals surface area (Å²) in [6.07, 6.45) is -10.3. The van der Waals surface area contributed by atoms with Crippen molar-refractivity contribution in [1.82, 2.24) is 9.55 Å².